The van der Waals surface area contributed by atoms with Crippen molar-refractivity contribution in [1.82, 2.24) is 4.90 Å². The van der Waals surface area contributed by atoms with Gasteiger partial charge in [-0.25, -0.2) is 0 Å². The van der Waals surface area contributed by atoms with Crippen molar-refractivity contribution in [3.8, 4) is 6.07 Å². The minimum Gasteiger partial charge on any atom is -0.376 e. The van der Waals surface area contributed by atoms with Gasteiger partial charge in [-0.15, -0.1) is 0 Å². The first kappa shape index (κ1) is 17.9. The highest BCUT2D eigenvalue weighted by molar-refractivity contribution is 5.24. The number of rotatable bonds is 7. The highest BCUT2D eigenvalue weighted by Crippen LogP contribution is 2.28. The minimum atomic E-state index is -1.11. The molecule has 1 N–H and O–H groups in total. The van der Waals surface area contributed by atoms with E-state index in [1.807, 2.05) is 72.8 Å². The summed E-state index contributed by atoms with van der Waals surface area (Å²) in [6.45, 7) is 1.29. The third-order valence-corrected chi connectivity index (χ3v) is 4.42. The zero-order valence-electron chi connectivity index (χ0n) is 14.6. The Kier molecular flexibility index (Phi) is 6.16. The highest BCUT2D eigenvalue weighted by Gasteiger charge is 2.28. The lowest BCUT2D eigenvalue weighted by molar-refractivity contribution is 0.0709. The predicted octanol–water partition coefficient (Wildman–Crippen LogP) is 4.31. The maximum atomic E-state index is 10.5. The Morgan fingerprint density at radius 1 is 0.731 bits per heavy atom. The Bertz CT molecular complexity index is 787. The summed E-state index contributed by atoms with van der Waals surface area (Å²) in [6.07, 6.45) is -1.11. The van der Waals surface area contributed by atoms with Crippen molar-refractivity contribution in [3.63, 3.8) is 0 Å². The molecule has 0 fully saturated rings. The van der Waals surface area contributed by atoms with Crippen molar-refractivity contribution >= 4 is 0 Å². The van der Waals surface area contributed by atoms with Crippen LogP contribution < -0.4 is 0 Å². The molecule has 3 aromatic carbocycles. The maximum absolute atomic E-state index is 10.5. The first-order chi connectivity index (χ1) is 12.8. The molecule has 0 spiro atoms. The highest BCUT2D eigenvalue weighted by atomic mass is 16.3. The van der Waals surface area contributed by atoms with Gasteiger partial charge in [0.05, 0.1) is 12.1 Å². The van der Waals surface area contributed by atoms with Crippen LogP contribution in [-0.4, -0.2) is 16.1 Å². The number of hydrogen-bond donors (Lipinski definition) is 1. The Morgan fingerprint density at radius 3 is 1.58 bits per heavy atom. The van der Waals surface area contributed by atoms with E-state index in [2.05, 4.69) is 29.2 Å². The van der Waals surface area contributed by atoms with Gasteiger partial charge in [-0.2, -0.15) is 5.26 Å². The van der Waals surface area contributed by atoms with Crippen LogP contribution in [0.15, 0.2) is 91.0 Å². The van der Waals surface area contributed by atoms with Gasteiger partial charge in [0.25, 0.3) is 0 Å². The van der Waals surface area contributed by atoms with E-state index >= 15 is 0 Å². The molecule has 0 saturated heterocycles. The van der Waals surface area contributed by atoms with Crippen LogP contribution in [-0.2, 0) is 13.1 Å². The quantitative estimate of drug-likeness (QED) is 0.651. The molecule has 3 heteroatoms. The van der Waals surface area contributed by atoms with Gasteiger partial charge >= 0.3 is 0 Å². The molecule has 0 saturated carbocycles. The molecular formula is C23H22N2O. The van der Waals surface area contributed by atoms with E-state index in [1.54, 1.807) is 0 Å². The fourth-order valence-corrected chi connectivity index (χ4v) is 3.20. The lowest BCUT2D eigenvalue weighted by atomic mass is 9.98. The van der Waals surface area contributed by atoms with E-state index in [-0.39, 0.29) is 0 Å². The van der Waals surface area contributed by atoms with Crippen LogP contribution in [0.4, 0.5) is 0 Å². The van der Waals surface area contributed by atoms with Gasteiger partial charge in [-0.3, -0.25) is 4.90 Å². The number of aliphatic hydroxyl groups is 1. The van der Waals surface area contributed by atoms with E-state index in [4.69, 9.17) is 0 Å². The first-order valence-electron chi connectivity index (χ1n) is 8.72. The van der Waals surface area contributed by atoms with E-state index < -0.39 is 12.1 Å². The molecule has 130 valence electrons. The van der Waals surface area contributed by atoms with Gasteiger partial charge in [-0.1, -0.05) is 91.0 Å². The topological polar surface area (TPSA) is 47.3 Å². The number of hydrogen-bond acceptors (Lipinski definition) is 3. The van der Waals surface area contributed by atoms with Crippen LogP contribution in [0.5, 0.6) is 0 Å². The summed E-state index contributed by atoms with van der Waals surface area (Å²) in [5.74, 6) is 0. The van der Waals surface area contributed by atoms with Gasteiger partial charge in [0.2, 0.25) is 0 Å². The fourth-order valence-electron chi connectivity index (χ4n) is 3.20. The number of benzene rings is 3. The van der Waals surface area contributed by atoms with E-state index in [1.165, 1.54) is 0 Å². The largest absolute Gasteiger partial charge is 0.376 e. The monoisotopic (exact) mass is 342 g/mol. The molecule has 26 heavy (non-hydrogen) atoms. The average Bonchev–Trinajstić information content (AvgIpc) is 2.70. The molecule has 3 rings (SSSR count). The molecule has 0 amide bonds. The molecule has 0 radical (unpaired) electrons. The van der Waals surface area contributed by atoms with Gasteiger partial charge in [0.15, 0.2) is 6.10 Å². The van der Waals surface area contributed by atoms with Gasteiger partial charge in [-0.05, 0) is 16.7 Å². The van der Waals surface area contributed by atoms with Gasteiger partial charge in [0.1, 0.15) is 0 Å². The van der Waals surface area contributed by atoms with Crippen LogP contribution in [0.2, 0.25) is 0 Å². The van der Waals surface area contributed by atoms with E-state index in [0.717, 1.165) is 16.7 Å². The molecule has 3 aromatic rings. The molecule has 0 heterocycles. The molecule has 0 unspecified atom stereocenters. The van der Waals surface area contributed by atoms with Gasteiger partial charge in [0, 0.05) is 13.1 Å². The molecular weight excluding hydrogens is 320 g/mol. The van der Waals surface area contributed by atoms with Crippen molar-refractivity contribution in [2.24, 2.45) is 0 Å². The fraction of sp³-hybridized carbons (Fsp3) is 0.174. The number of nitriles is 1. The zero-order chi connectivity index (χ0) is 18.2. The molecule has 2 atom stereocenters. The standard InChI is InChI=1S/C23H22N2O/c24-16-22(26)23(21-14-8-3-9-15-21)25(17-19-10-4-1-5-11-19)18-20-12-6-2-7-13-20/h1-15,22-23,26H,17-18H2/t22-,23+/m0/s1. The normalized spacial score (nSPS) is 13.1. The molecule has 0 aromatic heterocycles. The van der Waals surface area contributed by atoms with Crippen LogP contribution in [0.1, 0.15) is 22.7 Å². The third-order valence-electron chi connectivity index (χ3n) is 4.42. The number of nitrogens with zero attached hydrogens (tertiary/aromatic N) is 2. The Balaban J connectivity index is 1.97. The molecule has 0 aliphatic heterocycles. The van der Waals surface area contributed by atoms with Crippen molar-refractivity contribution in [1.29, 1.82) is 5.26 Å². The van der Waals surface area contributed by atoms with Crippen LogP contribution in [0.25, 0.3) is 0 Å². The molecule has 0 aliphatic carbocycles. The summed E-state index contributed by atoms with van der Waals surface area (Å²) in [7, 11) is 0. The summed E-state index contributed by atoms with van der Waals surface area (Å²) in [6, 6.07) is 31.7. The Morgan fingerprint density at radius 2 is 1.15 bits per heavy atom. The van der Waals surface area contributed by atoms with E-state index in [9.17, 15) is 10.4 Å². The minimum absolute atomic E-state index is 0.401. The Hall–Kier alpha value is -2.93. The summed E-state index contributed by atoms with van der Waals surface area (Å²) >= 11 is 0. The zero-order valence-corrected chi connectivity index (χ0v) is 14.6. The van der Waals surface area contributed by atoms with Crippen molar-refractivity contribution in [3.05, 3.63) is 108 Å². The van der Waals surface area contributed by atoms with Crippen molar-refractivity contribution < 1.29 is 5.11 Å². The third kappa shape index (κ3) is 4.58. The van der Waals surface area contributed by atoms with E-state index in [0.29, 0.717) is 13.1 Å². The number of aliphatic hydroxyl groups excluding tert-OH is 1. The van der Waals surface area contributed by atoms with Crippen LogP contribution >= 0.6 is 0 Å². The summed E-state index contributed by atoms with van der Waals surface area (Å²) in [5.41, 5.74) is 3.23. The maximum Gasteiger partial charge on any atom is 0.160 e. The van der Waals surface area contributed by atoms with Crippen molar-refractivity contribution in [2.45, 2.75) is 25.2 Å². The van der Waals surface area contributed by atoms with Crippen LogP contribution in [0, 0.1) is 11.3 Å². The lowest BCUT2D eigenvalue weighted by Crippen LogP contribution is -2.35. The molecule has 0 aliphatic rings. The second-order valence-corrected chi connectivity index (χ2v) is 6.31. The summed E-state index contributed by atoms with van der Waals surface area (Å²) in [5, 5.41) is 19.9. The SMILES string of the molecule is N#C[C@H](O)[C@@H](c1ccccc1)N(Cc1ccccc1)Cc1ccccc1. The molecule has 0 bridgehead atoms. The smallest absolute Gasteiger partial charge is 0.160 e. The predicted molar refractivity (Wildman–Crippen MR) is 103 cm³/mol. The molecule has 3 nitrogen and oxygen atoms in total. The second-order valence-electron chi connectivity index (χ2n) is 6.31. The van der Waals surface area contributed by atoms with Crippen LogP contribution in [0.3, 0.4) is 0 Å². The average molecular weight is 342 g/mol. The first-order valence-corrected chi connectivity index (χ1v) is 8.72. The second kappa shape index (κ2) is 8.96. The van der Waals surface area contributed by atoms with Gasteiger partial charge < -0.3 is 5.11 Å². The summed E-state index contributed by atoms with van der Waals surface area (Å²) < 4.78 is 0. The van der Waals surface area contributed by atoms with Crippen molar-refractivity contribution in [2.75, 3.05) is 0 Å². The Labute approximate surface area is 154 Å². The lowest BCUT2D eigenvalue weighted by Gasteiger charge is -2.33. The summed E-state index contributed by atoms with van der Waals surface area (Å²) in [4.78, 5) is 2.16.